The first-order chi connectivity index (χ1) is 15.8. The largest absolute Gasteiger partial charge is 0.389 e. The van der Waals surface area contributed by atoms with Gasteiger partial charge in [0.05, 0.1) is 12.1 Å². The van der Waals surface area contributed by atoms with Crippen molar-refractivity contribution < 1.29 is 13.9 Å². The molecule has 2 aromatic rings. The Hall–Kier alpha value is -2.84. The average molecular weight is 458 g/mol. The molecule has 0 aromatic heterocycles. The molecule has 4 N–H and O–H groups in total. The van der Waals surface area contributed by atoms with Gasteiger partial charge in [-0.25, -0.2) is 8.78 Å². The highest BCUT2D eigenvalue weighted by atomic mass is 19.1. The number of halogens is 2. The summed E-state index contributed by atoms with van der Waals surface area (Å²) < 4.78 is 27.8. The Labute approximate surface area is 191 Å². The van der Waals surface area contributed by atoms with Crippen LogP contribution in [0.2, 0.25) is 0 Å². The number of aryl methyl sites for hydroxylation is 1. The van der Waals surface area contributed by atoms with Crippen molar-refractivity contribution in [3.05, 3.63) is 78.9 Å². The molecule has 0 bridgehead atoms. The van der Waals surface area contributed by atoms with E-state index in [1.807, 2.05) is 0 Å². The van der Waals surface area contributed by atoms with Gasteiger partial charge in [-0.2, -0.15) is 0 Å². The number of fused-ring (bicyclic) bond motifs is 1. The third kappa shape index (κ3) is 4.77. The fourth-order valence-electron chi connectivity index (χ4n) is 4.71. The number of benzene rings is 1. The van der Waals surface area contributed by atoms with Crippen LogP contribution in [0.4, 0.5) is 20.2 Å². The summed E-state index contributed by atoms with van der Waals surface area (Å²) in [5.41, 5.74) is 2.86. The maximum Gasteiger partial charge on any atom is 0.253 e. The lowest BCUT2D eigenvalue weighted by molar-refractivity contribution is 0.103. The summed E-state index contributed by atoms with van der Waals surface area (Å²) >= 11 is 0. The Balaban J connectivity index is 1.60. The number of aliphatic hydroxyl groups excluding tert-OH is 1. The Morgan fingerprint density at radius 1 is 1.18 bits per heavy atom. The molecule has 0 fully saturated rings. The van der Waals surface area contributed by atoms with Gasteiger partial charge in [0.1, 0.15) is 23.4 Å². The van der Waals surface area contributed by atoms with E-state index in [1.54, 1.807) is 0 Å². The Kier molecular flexibility index (Phi) is 6.76. The molecule has 0 saturated carbocycles. The van der Waals surface area contributed by atoms with Crippen LogP contribution in [0.1, 0.15) is 36.5 Å². The van der Waals surface area contributed by atoms with Crippen LogP contribution in [-0.4, -0.2) is 36.5 Å². The van der Waals surface area contributed by atoms with Gasteiger partial charge in [-0.3, -0.25) is 9.59 Å². The number of aliphatic hydroxyl groups is 1. The molecule has 2 aliphatic rings. The van der Waals surface area contributed by atoms with Gasteiger partial charge < -0.3 is 21.1 Å². The monoisotopic (exact) mass is 457 g/mol. The molecule has 176 valence electrons. The number of nitrogens with one attached hydrogen (secondary N) is 3. The van der Waals surface area contributed by atoms with Gasteiger partial charge in [0.2, 0.25) is 0 Å². The molecule has 1 aliphatic carbocycles. The first-order valence-corrected chi connectivity index (χ1v) is 11.3. The highest BCUT2D eigenvalue weighted by Crippen LogP contribution is 2.28. The highest BCUT2D eigenvalue weighted by molar-refractivity contribution is 5.74. The first kappa shape index (κ1) is 23.3. The first-order valence-electron chi connectivity index (χ1n) is 11.3. The molecule has 1 heterocycles. The zero-order chi connectivity index (χ0) is 23.7. The summed E-state index contributed by atoms with van der Waals surface area (Å²) in [5.74, 6) is -0.560. The van der Waals surface area contributed by atoms with E-state index in [1.165, 1.54) is 30.3 Å². The van der Waals surface area contributed by atoms with E-state index in [0.29, 0.717) is 18.5 Å². The number of hydrogen-bond acceptors (Lipinski definition) is 6. The second-order valence-electron chi connectivity index (χ2n) is 8.80. The van der Waals surface area contributed by atoms with Gasteiger partial charge >= 0.3 is 0 Å². The summed E-state index contributed by atoms with van der Waals surface area (Å²) in [6.45, 7) is 2.67. The van der Waals surface area contributed by atoms with E-state index in [9.17, 15) is 23.5 Å². The molecule has 1 aliphatic heterocycles. The Bertz CT molecular complexity index is 1170. The van der Waals surface area contributed by atoms with Gasteiger partial charge in [0.15, 0.2) is 0 Å². The highest BCUT2D eigenvalue weighted by Gasteiger charge is 2.34. The molecule has 4 unspecified atom stereocenters. The van der Waals surface area contributed by atoms with E-state index in [4.69, 9.17) is 0 Å². The lowest BCUT2D eigenvalue weighted by Gasteiger charge is -2.36. The van der Waals surface area contributed by atoms with Crippen molar-refractivity contribution in [3.63, 3.8) is 0 Å². The van der Waals surface area contributed by atoms with Gasteiger partial charge in [-0.05, 0) is 53.7 Å². The van der Waals surface area contributed by atoms with Crippen molar-refractivity contribution in [2.75, 3.05) is 17.7 Å². The van der Waals surface area contributed by atoms with Crippen LogP contribution in [0.15, 0.2) is 51.3 Å². The third-order valence-corrected chi connectivity index (χ3v) is 6.57. The topological polar surface area (TPSA) is 90.5 Å². The fraction of sp³-hybridized carbons (Fsp3) is 0.440. The molecule has 4 atom stereocenters. The lowest BCUT2D eigenvalue weighted by atomic mass is 9.86. The van der Waals surface area contributed by atoms with Crippen molar-refractivity contribution >= 4 is 11.4 Å². The van der Waals surface area contributed by atoms with Crippen LogP contribution in [0.5, 0.6) is 0 Å². The normalized spacial score (nSPS) is 22.2. The molecule has 4 rings (SSSR count). The Morgan fingerprint density at radius 3 is 2.64 bits per heavy atom. The molecule has 0 saturated heterocycles. The van der Waals surface area contributed by atoms with E-state index < -0.39 is 35.0 Å². The molecule has 33 heavy (non-hydrogen) atoms. The molecule has 0 spiro atoms. The smallest absolute Gasteiger partial charge is 0.253 e. The van der Waals surface area contributed by atoms with Gasteiger partial charge in [-0.15, -0.1) is 0 Å². The SMILES string of the molecule is CCc1ccc2c(c1)CC(C(O)C(CC1=CC(F)CC(F)=C1)Nc1c(NC)c(=O)c1=O)NC2. The Morgan fingerprint density at radius 2 is 1.94 bits per heavy atom. The van der Waals surface area contributed by atoms with E-state index >= 15 is 0 Å². The second-order valence-corrected chi connectivity index (χ2v) is 8.80. The number of allylic oxidation sites excluding steroid dienone is 3. The fourth-order valence-corrected chi connectivity index (χ4v) is 4.71. The molecule has 8 heteroatoms. The van der Waals surface area contributed by atoms with Crippen LogP contribution in [0.3, 0.4) is 0 Å². The minimum Gasteiger partial charge on any atom is -0.389 e. The van der Waals surface area contributed by atoms with Crippen molar-refractivity contribution in [2.45, 2.75) is 63.5 Å². The van der Waals surface area contributed by atoms with E-state index in [0.717, 1.165) is 12.0 Å². The average Bonchev–Trinajstić information content (AvgIpc) is 2.81. The van der Waals surface area contributed by atoms with Crippen molar-refractivity contribution in [1.29, 1.82) is 0 Å². The predicted octanol–water partition coefficient (Wildman–Crippen LogP) is 2.65. The van der Waals surface area contributed by atoms with Gasteiger partial charge in [-0.1, -0.05) is 25.1 Å². The van der Waals surface area contributed by atoms with Crippen molar-refractivity contribution in [1.82, 2.24) is 5.32 Å². The summed E-state index contributed by atoms with van der Waals surface area (Å²) in [5, 5.41) is 20.4. The van der Waals surface area contributed by atoms with E-state index in [-0.39, 0.29) is 30.3 Å². The number of hydrogen-bond donors (Lipinski definition) is 4. The zero-order valence-electron chi connectivity index (χ0n) is 18.8. The third-order valence-electron chi connectivity index (χ3n) is 6.57. The van der Waals surface area contributed by atoms with Crippen molar-refractivity contribution in [3.8, 4) is 0 Å². The van der Waals surface area contributed by atoms with Crippen LogP contribution in [0, 0.1) is 0 Å². The minimum atomic E-state index is -1.44. The van der Waals surface area contributed by atoms with Crippen LogP contribution in [-0.2, 0) is 19.4 Å². The summed E-state index contributed by atoms with van der Waals surface area (Å²) in [6, 6.07) is 5.24. The van der Waals surface area contributed by atoms with E-state index in [2.05, 4.69) is 41.1 Å². The molecule has 0 amide bonds. The molecule has 6 nitrogen and oxygen atoms in total. The maximum atomic E-state index is 13.9. The number of anilines is 2. The van der Waals surface area contributed by atoms with Crippen LogP contribution < -0.4 is 26.8 Å². The standard InChI is InChI=1S/C25H29F2N3O3/c1-3-13-4-5-15-12-29-19(10-16(15)6-13)23(31)20(9-14-7-17(26)11-18(27)8-14)30-22-21(28-2)24(32)25(22)33/h4-8,17,19-20,23,28-31H,3,9-12H2,1-2H3. The predicted molar refractivity (Wildman–Crippen MR) is 126 cm³/mol. The van der Waals surface area contributed by atoms with Crippen molar-refractivity contribution in [2.24, 2.45) is 0 Å². The zero-order valence-corrected chi connectivity index (χ0v) is 18.8. The minimum absolute atomic E-state index is 0.0914. The summed E-state index contributed by atoms with van der Waals surface area (Å²) in [4.78, 5) is 24.0. The molecular weight excluding hydrogens is 428 g/mol. The molecular formula is C25H29F2N3O3. The van der Waals surface area contributed by atoms with Gasteiger partial charge in [0, 0.05) is 26.1 Å². The summed E-state index contributed by atoms with van der Waals surface area (Å²) in [6.07, 6.45) is 1.46. The molecule has 0 radical (unpaired) electrons. The van der Waals surface area contributed by atoms with Gasteiger partial charge in [0.25, 0.3) is 10.9 Å². The maximum absolute atomic E-state index is 13.9. The summed E-state index contributed by atoms with van der Waals surface area (Å²) in [7, 11) is 1.53. The second kappa shape index (κ2) is 9.57. The molecule has 2 aromatic carbocycles. The quantitative estimate of drug-likeness (QED) is 0.456. The number of alkyl halides is 1. The van der Waals surface area contributed by atoms with Crippen LogP contribution in [0.25, 0.3) is 0 Å². The number of rotatable bonds is 8. The van der Waals surface area contributed by atoms with Crippen LogP contribution >= 0.6 is 0 Å². The lowest BCUT2D eigenvalue weighted by Crippen LogP contribution is -2.53.